The highest BCUT2D eigenvalue weighted by molar-refractivity contribution is 5.87. The number of carbonyl (C=O) groups excluding carboxylic acids is 1. The molecule has 0 aromatic carbocycles. The van der Waals surface area contributed by atoms with Crippen molar-refractivity contribution in [2.24, 2.45) is 11.8 Å². The normalized spacial score (nSPS) is 25.5. The van der Waals surface area contributed by atoms with Crippen molar-refractivity contribution in [3.63, 3.8) is 0 Å². The Morgan fingerprint density at radius 1 is 1.50 bits per heavy atom. The predicted molar refractivity (Wildman–Crippen MR) is 72.1 cm³/mol. The van der Waals surface area contributed by atoms with Crippen LogP contribution in [0.1, 0.15) is 52.4 Å². The summed E-state index contributed by atoms with van der Waals surface area (Å²) in [5.41, 5.74) is 0.464. The zero-order valence-corrected chi connectivity index (χ0v) is 11.7. The summed E-state index contributed by atoms with van der Waals surface area (Å²) < 4.78 is 5.56. The molecule has 0 aromatic heterocycles. The van der Waals surface area contributed by atoms with Crippen molar-refractivity contribution in [3.8, 4) is 0 Å². The average molecular weight is 254 g/mol. The van der Waals surface area contributed by atoms with Crippen molar-refractivity contribution in [1.29, 1.82) is 0 Å². The maximum Gasteiger partial charge on any atom is 0.333 e. The van der Waals surface area contributed by atoms with E-state index in [0.29, 0.717) is 17.4 Å². The first kappa shape index (κ1) is 15.2. The molecule has 3 nitrogen and oxygen atoms in total. The van der Waals surface area contributed by atoms with Crippen LogP contribution in [0.25, 0.3) is 0 Å². The number of hydrogen-bond donors (Lipinski definition) is 1. The minimum absolute atomic E-state index is 0.00597. The van der Waals surface area contributed by atoms with Crippen molar-refractivity contribution in [2.45, 2.75) is 58.5 Å². The molecule has 0 amide bonds. The second-order valence-electron chi connectivity index (χ2n) is 5.49. The molecule has 104 valence electrons. The summed E-state index contributed by atoms with van der Waals surface area (Å²) in [7, 11) is 0. The largest absolute Gasteiger partial charge is 0.459 e. The van der Waals surface area contributed by atoms with E-state index < -0.39 is 0 Å². The number of ether oxygens (including phenoxy) is 1. The van der Waals surface area contributed by atoms with Gasteiger partial charge in [-0.1, -0.05) is 26.3 Å². The number of aliphatic hydroxyl groups is 1. The number of carbonyl (C=O) groups is 1. The minimum atomic E-state index is -0.278. The molecule has 0 heterocycles. The standard InChI is InChI=1S/C15H26O3/c1-4-6-14(18-15(17)11(2)3)13-8-5-7-12(9-13)10-16/h12-14,16H,2,4-10H2,1,3H3. The topological polar surface area (TPSA) is 46.5 Å². The van der Waals surface area contributed by atoms with E-state index in [9.17, 15) is 9.90 Å². The molecule has 0 aliphatic heterocycles. The minimum Gasteiger partial charge on any atom is -0.459 e. The van der Waals surface area contributed by atoms with E-state index in [4.69, 9.17) is 4.74 Å². The quantitative estimate of drug-likeness (QED) is 0.585. The molecule has 3 heteroatoms. The first-order valence-electron chi connectivity index (χ1n) is 7.05. The lowest BCUT2D eigenvalue weighted by atomic mass is 9.78. The van der Waals surface area contributed by atoms with Gasteiger partial charge in [0.05, 0.1) is 0 Å². The van der Waals surface area contributed by atoms with Gasteiger partial charge in [0.25, 0.3) is 0 Å². The molecule has 0 saturated heterocycles. The van der Waals surface area contributed by atoms with Crippen LogP contribution in [-0.2, 0) is 9.53 Å². The Kier molecular flexibility index (Phi) is 6.41. The zero-order chi connectivity index (χ0) is 13.5. The highest BCUT2D eigenvalue weighted by atomic mass is 16.5. The first-order chi connectivity index (χ1) is 8.58. The molecular formula is C15H26O3. The highest BCUT2D eigenvalue weighted by Crippen LogP contribution is 2.33. The van der Waals surface area contributed by atoms with E-state index in [1.54, 1.807) is 6.92 Å². The van der Waals surface area contributed by atoms with Crippen molar-refractivity contribution >= 4 is 5.97 Å². The van der Waals surface area contributed by atoms with E-state index in [1.807, 2.05) is 0 Å². The van der Waals surface area contributed by atoms with Crippen LogP contribution in [0.3, 0.4) is 0 Å². The Bertz CT molecular complexity index is 285. The van der Waals surface area contributed by atoms with E-state index in [-0.39, 0.29) is 18.7 Å². The summed E-state index contributed by atoms with van der Waals surface area (Å²) in [4.78, 5) is 11.7. The van der Waals surface area contributed by atoms with Gasteiger partial charge in [0, 0.05) is 12.2 Å². The number of rotatable bonds is 6. The third-order valence-electron chi connectivity index (χ3n) is 3.79. The third-order valence-corrected chi connectivity index (χ3v) is 3.79. The summed E-state index contributed by atoms with van der Waals surface area (Å²) in [6.45, 7) is 7.67. The monoisotopic (exact) mass is 254 g/mol. The Balaban J connectivity index is 2.59. The van der Waals surface area contributed by atoms with Gasteiger partial charge in [-0.15, -0.1) is 0 Å². The third kappa shape index (κ3) is 4.45. The summed E-state index contributed by atoms with van der Waals surface area (Å²) >= 11 is 0. The van der Waals surface area contributed by atoms with Gasteiger partial charge in [-0.25, -0.2) is 4.79 Å². The van der Waals surface area contributed by atoms with Gasteiger partial charge in [0.1, 0.15) is 6.10 Å². The lowest BCUT2D eigenvalue weighted by molar-refractivity contribution is -0.148. The molecule has 1 saturated carbocycles. The molecule has 3 atom stereocenters. The molecule has 0 spiro atoms. The second kappa shape index (κ2) is 7.57. The Labute approximate surface area is 110 Å². The highest BCUT2D eigenvalue weighted by Gasteiger charge is 2.30. The van der Waals surface area contributed by atoms with E-state index in [1.165, 1.54) is 0 Å². The maximum atomic E-state index is 11.7. The van der Waals surface area contributed by atoms with Crippen molar-refractivity contribution in [3.05, 3.63) is 12.2 Å². The fourth-order valence-corrected chi connectivity index (χ4v) is 2.75. The Hall–Kier alpha value is -0.830. The summed E-state index contributed by atoms with van der Waals surface area (Å²) in [6.07, 6.45) is 6.21. The van der Waals surface area contributed by atoms with Crippen LogP contribution in [-0.4, -0.2) is 23.8 Å². The molecule has 3 unspecified atom stereocenters. The summed E-state index contributed by atoms with van der Waals surface area (Å²) in [5.74, 6) is 0.505. The lowest BCUT2D eigenvalue weighted by Gasteiger charge is -2.33. The van der Waals surface area contributed by atoms with Gasteiger partial charge >= 0.3 is 5.97 Å². The number of aliphatic hydroxyl groups excluding tert-OH is 1. The van der Waals surface area contributed by atoms with Gasteiger partial charge < -0.3 is 9.84 Å². The van der Waals surface area contributed by atoms with Crippen molar-refractivity contribution < 1.29 is 14.6 Å². The molecule has 1 aliphatic rings. The van der Waals surface area contributed by atoms with Gasteiger partial charge in [-0.2, -0.15) is 0 Å². The Morgan fingerprint density at radius 2 is 2.22 bits per heavy atom. The van der Waals surface area contributed by atoms with Gasteiger partial charge in [0.2, 0.25) is 0 Å². The van der Waals surface area contributed by atoms with E-state index in [0.717, 1.165) is 38.5 Å². The van der Waals surface area contributed by atoms with Crippen LogP contribution in [0.4, 0.5) is 0 Å². The SMILES string of the molecule is C=C(C)C(=O)OC(CCC)C1CCCC(CO)C1. The number of hydrogen-bond acceptors (Lipinski definition) is 3. The second-order valence-corrected chi connectivity index (χ2v) is 5.49. The molecule has 1 fully saturated rings. The van der Waals surface area contributed by atoms with Crippen LogP contribution in [0, 0.1) is 11.8 Å². The van der Waals surface area contributed by atoms with Crippen LogP contribution >= 0.6 is 0 Å². The Morgan fingerprint density at radius 3 is 2.78 bits per heavy atom. The molecule has 1 aliphatic carbocycles. The van der Waals surface area contributed by atoms with Gasteiger partial charge in [-0.3, -0.25) is 0 Å². The van der Waals surface area contributed by atoms with Crippen molar-refractivity contribution in [2.75, 3.05) is 6.61 Å². The van der Waals surface area contributed by atoms with Crippen molar-refractivity contribution in [1.82, 2.24) is 0 Å². The molecule has 1 rings (SSSR count). The van der Waals surface area contributed by atoms with Crippen LogP contribution in [0.2, 0.25) is 0 Å². The van der Waals surface area contributed by atoms with E-state index in [2.05, 4.69) is 13.5 Å². The predicted octanol–water partition coefficient (Wildman–Crippen LogP) is 3.07. The molecule has 18 heavy (non-hydrogen) atoms. The summed E-state index contributed by atoms with van der Waals surface area (Å²) in [5, 5.41) is 9.27. The smallest absolute Gasteiger partial charge is 0.333 e. The molecule has 0 bridgehead atoms. The fraction of sp³-hybridized carbons (Fsp3) is 0.800. The fourth-order valence-electron chi connectivity index (χ4n) is 2.75. The van der Waals surface area contributed by atoms with Gasteiger partial charge in [0.15, 0.2) is 0 Å². The summed E-state index contributed by atoms with van der Waals surface area (Å²) in [6, 6.07) is 0. The molecular weight excluding hydrogens is 228 g/mol. The maximum absolute atomic E-state index is 11.7. The van der Waals surface area contributed by atoms with Crippen LogP contribution < -0.4 is 0 Å². The van der Waals surface area contributed by atoms with Crippen LogP contribution in [0.5, 0.6) is 0 Å². The molecule has 0 aromatic rings. The lowest BCUT2D eigenvalue weighted by Crippen LogP contribution is -2.32. The van der Waals surface area contributed by atoms with Crippen LogP contribution in [0.15, 0.2) is 12.2 Å². The molecule has 1 N–H and O–H groups in total. The zero-order valence-electron chi connectivity index (χ0n) is 11.7. The molecule has 0 radical (unpaired) electrons. The average Bonchev–Trinajstić information content (AvgIpc) is 2.38. The van der Waals surface area contributed by atoms with Gasteiger partial charge in [-0.05, 0) is 44.4 Å². The van der Waals surface area contributed by atoms with E-state index >= 15 is 0 Å². The first-order valence-corrected chi connectivity index (χ1v) is 7.05. The number of esters is 1.